The number of nitrogens with one attached hydrogen (secondary N) is 1. The number of aryl methyl sites for hydroxylation is 2. The first kappa shape index (κ1) is 22.2. The second-order valence-corrected chi connectivity index (χ2v) is 7.57. The number of hydrogen-bond acceptors (Lipinski definition) is 4. The molecular weight excluding hydrogens is 414 g/mol. The largest absolute Gasteiger partial charge is 0.448 e. The van der Waals surface area contributed by atoms with Gasteiger partial charge >= 0.3 is 5.97 Å². The number of halogens is 1. The van der Waals surface area contributed by atoms with Gasteiger partial charge in [-0.25, -0.2) is 0 Å². The predicted octanol–water partition coefficient (Wildman–Crippen LogP) is 4.85. The van der Waals surface area contributed by atoms with Gasteiger partial charge in [-0.15, -0.1) is 0 Å². The highest BCUT2D eigenvalue weighted by molar-refractivity contribution is 6.30. The molecule has 31 heavy (non-hydrogen) atoms. The molecule has 0 radical (unpaired) electrons. The van der Waals surface area contributed by atoms with Crippen LogP contribution in [-0.2, 0) is 9.53 Å². The normalized spacial score (nSPS) is 11.5. The minimum Gasteiger partial charge on any atom is -0.448 e. The van der Waals surface area contributed by atoms with Crippen LogP contribution < -0.4 is 5.32 Å². The number of carbonyl (C=O) groups is 3. The Hall–Kier alpha value is -3.44. The molecule has 0 heterocycles. The molecule has 0 unspecified atom stereocenters. The van der Waals surface area contributed by atoms with Crippen LogP contribution >= 0.6 is 11.6 Å². The molecule has 1 amide bonds. The number of benzene rings is 3. The third-order valence-corrected chi connectivity index (χ3v) is 5.13. The van der Waals surface area contributed by atoms with Gasteiger partial charge in [-0.3, -0.25) is 14.4 Å². The van der Waals surface area contributed by atoms with Gasteiger partial charge in [0.2, 0.25) is 5.78 Å². The summed E-state index contributed by atoms with van der Waals surface area (Å²) < 4.78 is 5.50. The van der Waals surface area contributed by atoms with Gasteiger partial charge in [-0.05, 0) is 55.3 Å². The molecule has 0 bridgehead atoms. The van der Waals surface area contributed by atoms with E-state index in [-0.39, 0.29) is 12.3 Å². The summed E-state index contributed by atoms with van der Waals surface area (Å²) in [4.78, 5) is 37.8. The van der Waals surface area contributed by atoms with E-state index >= 15 is 0 Å². The fraction of sp³-hybridized carbons (Fsp3) is 0.160. The average Bonchev–Trinajstić information content (AvgIpc) is 2.78. The van der Waals surface area contributed by atoms with Crippen LogP contribution in [0.1, 0.15) is 43.5 Å². The van der Waals surface area contributed by atoms with Crippen LogP contribution in [0.2, 0.25) is 5.02 Å². The molecule has 158 valence electrons. The highest BCUT2D eigenvalue weighted by atomic mass is 35.5. The van der Waals surface area contributed by atoms with E-state index in [1.54, 1.807) is 60.7 Å². The molecule has 0 spiro atoms. The molecule has 1 atom stereocenters. The smallest absolute Gasteiger partial charge is 0.326 e. The predicted molar refractivity (Wildman–Crippen MR) is 119 cm³/mol. The van der Waals surface area contributed by atoms with Crippen molar-refractivity contribution in [3.05, 3.63) is 106 Å². The lowest BCUT2D eigenvalue weighted by Gasteiger charge is -2.18. The second kappa shape index (κ2) is 10.0. The van der Waals surface area contributed by atoms with Crippen LogP contribution in [-0.4, -0.2) is 24.2 Å². The van der Waals surface area contributed by atoms with Crippen molar-refractivity contribution in [2.24, 2.45) is 0 Å². The number of esters is 1. The number of rotatable bonds is 7. The quantitative estimate of drug-likeness (QED) is 0.425. The molecule has 6 heteroatoms. The van der Waals surface area contributed by atoms with Gasteiger partial charge < -0.3 is 10.1 Å². The number of amides is 1. The van der Waals surface area contributed by atoms with E-state index in [0.29, 0.717) is 21.7 Å². The van der Waals surface area contributed by atoms with Gasteiger partial charge in [0.05, 0.1) is 0 Å². The highest BCUT2D eigenvalue weighted by Crippen LogP contribution is 2.24. The summed E-state index contributed by atoms with van der Waals surface area (Å²) in [6, 6.07) is 20.4. The third kappa shape index (κ3) is 5.80. The van der Waals surface area contributed by atoms with Crippen molar-refractivity contribution in [3.8, 4) is 0 Å². The Morgan fingerprint density at radius 2 is 1.52 bits per heavy atom. The lowest BCUT2D eigenvalue weighted by atomic mass is 9.97. The molecule has 0 fully saturated rings. The summed E-state index contributed by atoms with van der Waals surface area (Å²) in [5, 5.41) is 3.01. The Bertz CT molecular complexity index is 1090. The van der Waals surface area contributed by atoms with Crippen LogP contribution in [0.5, 0.6) is 0 Å². The lowest BCUT2D eigenvalue weighted by Crippen LogP contribution is -2.32. The Labute approximate surface area is 186 Å². The standard InChI is InChI=1S/C25H22ClNO4/c1-16-8-9-20(14-17(16)2)23(29)24(18-6-4-3-5-7-18)31-22(28)15-27-25(30)19-10-12-21(26)13-11-19/h3-14,24H,15H2,1-2H3,(H,27,30)/t24-/m1/s1. The molecule has 1 N–H and O–H groups in total. The number of hydrogen-bond donors (Lipinski definition) is 1. The monoisotopic (exact) mass is 435 g/mol. The molecule has 0 aliphatic rings. The number of ether oxygens (including phenoxy) is 1. The van der Waals surface area contributed by atoms with Crippen molar-refractivity contribution in [1.82, 2.24) is 5.32 Å². The third-order valence-electron chi connectivity index (χ3n) is 4.88. The fourth-order valence-electron chi connectivity index (χ4n) is 2.98. The zero-order valence-electron chi connectivity index (χ0n) is 17.2. The van der Waals surface area contributed by atoms with Gasteiger partial charge in [-0.2, -0.15) is 0 Å². The summed E-state index contributed by atoms with van der Waals surface area (Å²) in [7, 11) is 0. The molecule has 0 saturated carbocycles. The van der Waals surface area contributed by atoms with E-state index in [1.807, 2.05) is 26.0 Å². The molecule has 3 aromatic rings. The molecule has 3 aromatic carbocycles. The minimum absolute atomic E-state index is 0.327. The number of Topliss-reactive ketones (excluding diaryl/α,β-unsaturated/α-hetero) is 1. The summed E-state index contributed by atoms with van der Waals surface area (Å²) in [5.41, 5.74) is 3.41. The fourth-order valence-corrected chi connectivity index (χ4v) is 3.10. The Morgan fingerprint density at radius 1 is 0.871 bits per heavy atom. The summed E-state index contributed by atoms with van der Waals surface area (Å²) in [6.45, 7) is 3.51. The van der Waals surface area contributed by atoms with Crippen LogP contribution in [0.15, 0.2) is 72.8 Å². The Kier molecular flexibility index (Phi) is 7.21. The van der Waals surface area contributed by atoms with Gasteiger partial charge in [0.25, 0.3) is 5.91 Å². The van der Waals surface area contributed by atoms with E-state index in [2.05, 4.69) is 5.32 Å². The molecule has 0 aliphatic heterocycles. The molecule has 3 rings (SSSR count). The lowest BCUT2D eigenvalue weighted by molar-refractivity contribution is -0.146. The van der Waals surface area contributed by atoms with Crippen molar-refractivity contribution < 1.29 is 19.1 Å². The highest BCUT2D eigenvalue weighted by Gasteiger charge is 2.26. The van der Waals surface area contributed by atoms with Gasteiger partial charge in [-0.1, -0.05) is 54.1 Å². The molecule has 0 aliphatic carbocycles. The molecule has 0 aromatic heterocycles. The summed E-state index contributed by atoms with van der Waals surface area (Å²) in [6.07, 6.45) is -1.11. The maximum absolute atomic E-state index is 13.2. The zero-order valence-corrected chi connectivity index (χ0v) is 18.0. The van der Waals surface area contributed by atoms with Crippen molar-refractivity contribution in [1.29, 1.82) is 0 Å². The Balaban J connectivity index is 1.73. The number of carbonyl (C=O) groups excluding carboxylic acids is 3. The van der Waals surface area contributed by atoms with Crippen molar-refractivity contribution in [3.63, 3.8) is 0 Å². The zero-order chi connectivity index (χ0) is 22.4. The van der Waals surface area contributed by atoms with Crippen LogP contribution in [0, 0.1) is 13.8 Å². The number of ketones is 1. The van der Waals surface area contributed by atoms with E-state index in [4.69, 9.17) is 16.3 Å². The minimum atomic E-state index is -1.11. The summed E-state index contributed by atoms with van der Waals surface area (Å²) in [5.74, 6) is -1.48. The van der Waals surface area contributed by atoms with Gasteiger partial charge in [0, 0.05) is 21.7 Å². The first-order chi connectivity index (χ1) is 14.8. The summed E-state index contributed by atoms with van der Waals surface area (Å²) >= 11 is 5.82. The first-order valence-corrected chi connectivity index (χ1v) is 10.1. The van der Waals surface area contributed by atoms with Crippen molar-refractivity contribution in [2.45, 2.75) is 20.0 Å². The van der Waals surface area contributed by atoms with E-state index in [0.717, 1.165) is 11.1 Å². The average molecular weight is 436 g/mol. The topological polar surface area (TPSA) is 72.5 Å². The maximum Gasteiger partial charge on any atom is 0.326 e. The van der Waals surface area contributed by atoms with Gasteiger partial charge in [0.15, 0.2) is 6.10 Å². The van der Waals surface area contributed by atoms with Crippen LogP contribution in [0.3, 0.4) is 0 Å². The van der Waals surface area contributed by atoms with Crippen LogP contribution in [0.25, 0.3) is 0 Å². The van der Waals surface area contributed by atoms with Gasteiger partial charge in [0.1, 0.15) is 6.54 Å². The van der Waals surface area contributed by atoms with Crippen molar-refractivity contribution in [2.75, 3.05) is 6.54 Å². The second-order valence-electron chi connectivity index (χ2n) is 7.13. The van der Waals surface area contributed by atoms with Crippen molar-refractivity contribution >= 4 is 29.3 Å². The van der Waals surface area contributed by atoms with E-state index in [9.17, 15) is 14.4 Å². The van der Waals surface area contributed by atoms with E-state index < -0.39 is 18.0 Å². The molecule has 5 nitrogen and oxygen atoms in total. The molecule has 0 saturated heterocycles. The maximum atomic E-state index is 13.2. The molecular formula is C25H22ClNO4. The SMILES string of the molecule is Cc1ccc(C(=O)[C@H](OC(=O)CNC(=O)c2ccc(Cl)cc2)c2ccccc2)cc1C. The Morgan fingerprint density at radius 3 is 2.16 bits per heavy atom. The van der Waals surface area contributed by atoms with Crippen LogP contribution in [0.4, 0.5) is 0 Å². The van der Waals surface area contributed by atoms with E-state index in [1.165, 1.54) is 0 Å². The first-order valence-electron chi connectivity index (χ1n) is 9.75.